The average molecular weight is 616 g/mol. The Bertz CT molecular complexity index is 2500. The molecule has 0 unspecified atom stereocenters. The van der Waals surface area contributed by atoms with Crippen LogP contribution in [0.25, 0.3) is 33.1 Å². The summed E-state index contributed by atoms with van der Waals surface area (Å²) in [5.74, 6) is 0. The van der Waals surface area contributed by atoms with Gasteiger partial charge in [0.25, 0.3) is 0 Å². The number of hydrogen-bond donors (Lipinski definition) is 0. The zero-order valence-electron chi connectivity index (χ0n) is 26.9. The molecule has 2 heteroatoms. The van der Waals surface area contributed by atoms with Crippen molar-refractivity contribution in [3.05, 3.63) is 197 Å². The lowest BCUT2D eigenvalue weighted by Crippen LogP contribution is -2.40. The molecule has 2 nitrogen and oxygen atoms in total. The minimum absolute atomic E-state index is 0.115. The van der Waals surface area contributed by atoms with E-state index in [-0.39, 0.29) is 5.41 Å². The van der Waals surface area contributed by atoms with Crippen LogP contribution >= 0.6 is 0 Å². The molecule has 0 atom stereocenters. The van der Waals surface area contributed by atoms with Gasteiger partial charge in [0.05, 0.1) is 5.41 Å². The van der Waals surface area contributed by atoms with Crippen LogP contribution in [-0.2, 0) is 10.8 Å². The predicted octanol–water partition coefficient (Wildman–Crippen LogP) is 12.1. The first-order valence-electron chi connectivity index (χ1n) is 16.8. The number of para-hydroxylation sites is 2. The van der Waals surface area contributed by atoms with E-state index in [9.17, 15) is 0 Å². The van der Waals surface area contributed by atoms with Crippen LogP contribution in [0.3, 0.4) is 0 Å². The van der Waals surface area contributed by atoms with Crippen LogP contribution in [0.5, 0.6) is 0 Å². The van der Waals surface area contributed by atoms with Crippen molar-refractivity contribution in [2.75, 3.05) is 4.90 Å². The van der Waals surface area contributed by atoms with Crippen LogP contribution in [0.1, 0.15) is 47.2 Å². The van der Waals surface area contributed by atoms with Crippen molar-refractivity contribution >= 4 is 39.0 Å². The van der Waals surface area contributed by atoms with Crippen LogP contribution in [0.15, 0.2) is 168 Å². The summed E-state index contributed by atoms with van der Waals surface area (Å²) in [5, 5.41) is 2.25. The number of benzene rings is 7. The van der Waals surface area contributed by atoms with Crippen molar-refractivity contribution < 1.29 is 4.42 Å². The third-order valence-corrected chi connectivity index (χ3v) is 10.9. The summed E-state index contributed by atoms with van der Waals surface area (Å²) in [7, 11) is 0. The molecule has 0 radical (unpaired) electrons. The van der Waals surface area contributed by atoms with Gasteiger partial charge < -0.3 is 9.32 Å². The second-order valence-electron chi connectivity index (χ2n) is 13.7. The van der Waals surface area contributed by atoms with E-state index in [1.807, 2.05) is 12.1 Å². The SMILES string of the molecule is CC1(C)c2ccccc2C2(c3ccccc3-c3cc(N(c4ccccc4)c4ccc5oc6ccccc6c5c4)ccc32)c2ccccc21. The van der Waals surface area contributed by atoms with Gasteiger partial charge in [0.1, 0.15) is 11.2 Å². The molecule has 1 aromatic heterocycles. The van der Waals surface area contributed by atoms with E-state index >= 15 is 0 Å². The molecule has 0 amide bonds. The first-order valence-corrected chi connectivity index (χ1v) is 16.8. The first-order chi connectivity index (χ1) is 23.6. The van der Waals surface area contributed by atoms with Crippen molar-refractivity contribution in [1.29, 1.82) is 0 Å². The van der Waals surface area contributed by atoms with Crippen LogP contribution in [0.2, 0.25) is 0 Å². The molecule has 10 rings (SSSR count). The van der Waals surface area contributed by atoms with Gasteiger partial charge in [-0.05, 0) is 93.0 Å². The maximum atomic E-state index is 6.22. The van der Waals surface area contributed by atoms with Crippen molar-refractivity contribution in [3.63, 3.8) is 0 Å². The molecular weight excluding hydrogens is 583 g/mol. The maximum absolute atomic E-state index is 6.22. The number of fused-ring (bicyclic) bond motifs is 12. The molecule has 48 heavy (non-hydrogen) atoms. The van der Waals surface area contributed by atoms with Gasteiger partial charge in [0, 0.05) is 33.2 Å². The topological polar surface area (TPSA) is 16.4 Å². The van der Waals surface area contributed by atoms with Crippen molar-refractivity contribution in [3.8, 4) is 11.1 Å². The van der Waals surface area contributed by atoms with Crippen LogP contribution < -0.4 is 4.90 Å². The number of anilines is 3. The Hall–Kier alpha value is -5.86. The van der Waals surface area contributed by atoms with Gasteiger partial charge in [-0.15, -0.1) is 0 Å². The molecule has 228 valence electrons. The summed E-state index contributed by atoms with van der Waals surface area (Å²) in [6.07, 6.45) is 0. The summed E-state index contributed by atoms with van der Waals surface area (Å²) in [6.45, 7) is 4.75. The number of furan rings is 1. The lowest BCUT2D eigenvalue weighted by molar-refractivity contribution is 0.563. The van der Waals surface area contributed by atoms with Gasteiger partial charge in [-0.2, -0.15) is 0 Å². The summed E-state index contributed by atoms with van der Waals surface area (Å²) < 4.78 is 6.22. The quantitative estimate of drug-likeness (QED) is 0.197. The van der Waals surface area contributed by atoms with Crippen molar-refractivity contribution in [2.45, 2.75) is 24.7 Å². The van der Waals surface area contributed by atoms with Gasteiger partial charge in [-0.3, -0.25) is 0 Å². The third-order valence-electron chi connectivity index (χ3n) is 10.9. The molecule has 0 bridgehead atoms. The number of nitrogens with zero attached hydrogens (tertiary/aromatic N) is 1. The van der Waals surface area contributed by atoms with Crippen LogP contribution in [-0.4, -0.2) is 0 Å². The summed E-state index contributed by atoms with van der Waals surface area (Å²) in [5.41, 5.74) is 15.4. The molecule has 0 saturated carbocycles. The van der Waals surface area contributed by atoms with E-state index in [0.29, 0.717) is 0 Å². The van der Waals surface area contributed by atoms with Crippen molar-refractivity contribution in [2.24, 2.45) is 0 Å². The second-order valence-corrected chi connectivity index (χ2v) is 13.7. The second kappa shape index (κ2) is 9.82. The molecule has 8 aromatic rings. The smallest absolute Gasteiger partial charge is 0.135 e. The van der Waals surface area contributed by atoms with E-state index in [0.717, 1.165) is 39.0 Å². The fourth-order valence-electron chi connectivity index (χ4n) is 8.87. The highest BCUT2D eigenvalue weighted by Crippen LogP contribution is 2.62. The monoisotopic (exact) mass is 615 g/mol. The van der Waals surface area contributed by atoms with Crippen molar-refractivity contribution in [1.82, 2.24) is 0 Å². The Morgan fingerprint density at radius 1 is 0.396 bits per heavy atom. The molecule has 0 fully saturated rings. The molecule has 1 heterocycles. The highest BCUT2D eigenvalue weighted by molar-refractivity contribution is 6.06. The molecular formula is C46H33NO. The Labute approximate surface area is 280 Å². The highest BCUT2D eigenvalue weighted by Gasteiger charge is 2.53. The molecule has 0 N–H and O–H groups in total. The summed E-state index contributed by atoms with van der Waals surface area (Å²) in [4.78, 5) is 2.38. The van der Waals surface area contributed by atoms with Gasteiger partial charge in [-0.1, -0.05) is 129 Å². The number of hydrogen-bond acceptors (Lipinski definition) is 2. The fraction of sp³-hybridized carbons (Fsp3) is 0.0870. The molecule has 0 saturated heterocycles. The summed E-state index contributed by atoms with van der Waals surface area (Å²) in [6, 6.07) is 60.0. The highest BCUT2D eigenvalue weighted by atomic mass is 16.3. The summed E-state index contributed by atoms with van der Waals surface area (Å²) >= 11 is 0. The fourth-order valence-corrected chi connectivity index (χ4v) is 8.87. The van der Waals surface area contributed by atoms with E-state index in [2.05, 4.69) is 170 Å². The molecule has 0 aliphatic heterocycles. The molecule has 1 spiro atoms. The average Bonchev–Trinajstić information content (AvgIpc) is 3.65. The van der Waals surface area contributed by atoms with E-state index in [1.165, 1.54) is 44.5 Å². The largest absolute Gasteiger partial charge is 0.456 e. The van der Waals surface area contributed by atoms with E-state index < -0.39 is 5.41 Å². The molecule has 2 aliphatic rings. The normalized spacial score (nSPS) is 14.8. The minimum Gasteiger partial charge on any atom is -0.456 e. The predicted molar refractivity (Wildman–Crippen MR) is 198 cm³/mol. The minimum atomic E-state index is -0.403. The standard InChI is InChI=1S/C46H33NO/c1-45(2)39-19-9-11-21-41(39)46(42-22-12-10-20-40(42)45)37-18-8-6-16-33(37)35-28-31(24-26-38(35)46)47(30-14-4-3-5-15-30)32-25-27-44-36(29-32)34-17-7-13-23-43(34)48-44/h3-29H,1-2H3. The molecule has 2 aliphatic carbocycles. The van der Waals surface area contributed by atoms with Crippen LogP contribution in [0.4, 0.5) is 17.1 Å². The lowest BCUT2D eigenvalue weighted by Gasteiger charge is -2.46. The zero-order chi connectivity index (χ0) is 32.0. The Kier molecular flexibility index (Phi) is 5.58. The van der Waals surface area contributed by atoms with Gasteiger partial charge in [0.15, 0.2) is 0 Å². The Balaban J connectivity index is 1.25. The van der Waals surface area contributed by atoms with Gasteiger partial charge in [0.2, 0.25) is 0 Å². The maximum Gasteiger partial charge on any atom is 0.135 e. The van der Waals surface area contributed by atoms with Gasteiger partial charge in [-0.25, -0.2) is 0 Å². The van der Waals surface area contributed by atoms with Gasteiger partial charge >= 0.3 is 0 Å². The van der Waals surface area contributed by atoms with E-state index in [1.54, 1.807) is 0 Å². The Morgan fingerprint density at radius 2 is 0.938 bits per heavy atom. The Morgan fingerprint density at radius 3 is 1.69 bits per heavy atom. The number of rotatable bonds is 3. The third kappa shape index (κ3) is 3.52. The van der Waals surface area contributed by atoms with Crippen LogP contribution in [0, 0.1) is 0 Å². The lowest BCUT2D eigenvalue weighted by atomic mass is 9.55. The molecule has 7 aromatic carbocycles. The van der Waals surface area contributed by atoms with E-state index in [4.69, 9.17) is 4.42 Å². The first kappa shape index (κ1) is 27.3. The zero-order valence-corrected chi connectivity index (χ0v) is 26.9.